The summed E-state index contributed by atoms with van der Waals surface area (Å²) >= 11 is 0. The third kappa shape index (κ3) is 5.30. The van der Waals surface area contributed by atoms with Crippen LogP contribution in [0, 0.1) is 11.8 Å². The Bertz CT molecular complexity index is 198. The predicted octanol–water partition coefficient (Wildman–Crippen LogP) is 5.15. The van der Waals surface area contributed by atoms with E-state index in [-0.39, 0.29) is 0 Å². The van der Waals surface area contributed by atoms with Crippen LogP contribution < -0.4 is 5.32 Å². The fourth-order valence-electron chi connectivity index (χ4n) is 3.75. The second-order valence-electron chi connectivity index (χ2n) is 6.39. The molecule has 3 unspecified atom stereocenters. The number of nitrogens with one attached hydrogen (secondary N) is 1. The topological polar surface area (TPSA) is 12.0 Å². The average Bonchev–Trinajstić information content (AvgIpc) is 2.57. The molecule has 0 aromatic carbocycles. The van der Waals surface area contributed by atoms with Gasteiger partial charge in [-0.25, -0.2) is 0 Å². The van der Waals surface area contributed by atoms with Crippen molar-refractivity contribution in [3.05, 3.63) is 0 Å². The molecule has 108 valence electrons. The van der Waals surface area contributed by atoms with E-state index in [1.165, 1.54) is 57.8 Å². The second kappa shape index (κ2) is 8.96. The third-order valence-electron chi connectivity index (χ3n) is 5.04. The Morgan fingerprint density at radius 1 is 1.00 bits per heavy atom. The molecule has 0 radical (unpaired) electrons. The lowest BCUT2D eigenvalue weighted by atomic mass is 9.93. The van der Waals surface area contributed by atoms with Crippen molar-refractivity contribution in [1.29, 1.82) is 0 Å². The Morgan fingerprint density at radius 3 is 2.33 bits per heavy atom. The Kier molecular flexibility index (Phi) is 7.97. The fourth-order valence-corrected chi connectivity index (χ4v) is 3.75. The van der Waals surface area contributed by atoms with Crippen molar-refractivity contribution in [2.24, 2.45) is 11.8 Å². The van der Waals surface area contributed by atoms with E-state index in [1.807, 2.05) is 0 Å². The van der Waals surface area contributed by atoms with E-state index < -0.39 is 0 Å². The summed E-state index contributed by atoms with van der Waals surface area (Å²) < 4.78 is 0. The number of hydrogen-bond donors (Lipinski definition) is 1. The summed E-state index contributed by atoms with van der Waals surface area (Å²) in [6.45, 7) is 9.38. The van der Waals surface area contributed by atoms with E-state index in [9.17, 15) is 0 Å². The van der Waals surface area contributed by atoms with Gasteiger partial charge in [-0.15, -0.1) is 0 Å². The van der Waals surface area contributed by atoms with Gasteiger partial charge in [-0.1, -0.05) is 59.3 Å². The minimum absolute atomic E-state index is 0.702. The zero-order chi connectivity index (χ0) is 13.4. The van der Waals surface area contributed by atoms with E-state index in [0.717, 1.165) is 17.9 Å². The van der Waals surface area contributed by atoms with Gasteiger partial charge in [0.25, 0.3) is 0 Å². The van der Waals surface area contributed by atoms with Crippen molar-refractivity contribution in [2.45, 2.75) is 97.6 Å². The second-order valence-corrected chi connectivity index (χ2v) is 6.39. The largest absolute Gasteiger partial charge is 0.311 e. The van der Waals surface area contributed by atoms with E-state index in [1.54, 1.807) is 0 Å². The van der Waals surface area contributed by atoms with Crippen molar-refractivity contribution in [3.8, 4) is 0 Å². The molecular formula is C17H35N. The molecule has 1 fully saturated rings. The molecule has 0 aliphatic heterocycles. The standard InChI is InChI=1S/C17H35N/c1-5-9-15-10-8-11-17(13-12-15)18-14(4)16(6-2)7-3/h14-18H,5-13H2,1-4H3. The molecule has 1 N–H and O–H groups in total. The number of rotatable bonds is 7. The number of hydrogen-bond acceptors (Lipinski definition) is 1. The fraction of sp³-hybridized carbons (Fsp3) is 1.00. The van der Waals surface area contributed by atoms with E-state index in [4.69, 9.17) is 0 Å². The monoisotopic (exact) mass is 253 g/mol. The third-order valence-corrected chi connectivity index (χ3v) is 5.04. The molecule has 0 aromatic rings. The maximum Gasteiger partial charge on any atom is 0.00697 e. The minimum atomic E-state index is 0.702. The SMILES string of the molecule is CCCC1CCCC(NC(C)C(CC)CC)CC1. The molecule has 0 aromatic heterocycles. The van der Waals surface area contributed by atoms with Crippen LogP contribution >= 0.6 is 0 Å². The van der Waals surface area contributed by atoms with E-state index >= 15 is 0 Å². The summed E-state index contributed by atoms with van der Waals surface area (Å²) in [7, 11) is 0. The molecular weight excluding hydrogens is 218 g/mol. The molecule has 1 aliphatic rings. The van der Waals surface area contributed by atoms with Crippen LogP contribution in [0.1, 0.15) is 85.5 Å². The van der Waals surface area contributed by atoms with Gasteiger partial charge < -0.3 is 5.32 Å². The van der Waals surface area contributed by atoms with Gasteiger partial charge in [0.05, 0.1) is 0 Å². The maximum absolute atomic E-state index is 3.92. The molecule has 0 amide bonds. The van der Waals surface area contributed by atoms with Crippen molar-refractivity contribution in [3.63, 3.8) is 0 Å². The molecule has 0 spiro atoms. The lowest BCUT2D eigenvalue weighted by Crippen LogP contribution is -2.40. The molecule has 1 nitrogen and oxygen atoms in total. The highest BCUT2D eigenvalue weighted by Crippen LogP contribution is 2.27. The zero-order valence-electron chi connectivity index (χ0n) is 13.2. The first-order valence-corrected chi connectivity index (χ1v) is 8.47. The van der Waals surface area contributed by atoms with Crippen molar-refractivity contribution < 1.29 is 0 Å². The van der Waals surface area contributed by atoms with Crippen molar-refractivity contribution in [2.75, 3.05) is 0 Å². The summed E-state index contributed by atoms with van der Waals surface area (Å²) in [5, 5.41) is 3.92. The molecule has 18 heavy (non-hydrogen) atoms. The van der Waals surface area contributed by atoms with Crippen LogP contribution in [0.25, 0.3) is 0 Å². The van der Waals surface area contributed by atoms with Gasteiger partial charge in [0.15, 0.2) is 0 Å². The lowest BCUT2D eigenvalue weighted by Gasteiger charge is -2.28. The quantitative estimate of drug-likeness (QED) is 0.619. The summed E-state index contributed by atoms with van der Waals surface area (Å²) in [5.74, 6) is 1.88. The van der Waals surface area contributed by atoms with Gasteiger partial charge >= 0.3 is 0 Å². The molecule has 0 heterocycles. The van der Waals surface area contributed by atoms with Crippen LogP contribution in [0.3, 0.4) is 0 Å². The summed E-state index contributed by atoms with van der Waals surface area (Å²) in [5.41, 5.74) is 0. The van der Waals surface area contributed by atoms with Gasteiger partial charge in [-0.3, -0.25) is 0 Å². The van der Waals surface area contributed by atoms with Gasteiger partial charge in [0, 0.05) is 12.1 Å². The van der Waals surface area contributed by atoms with Crippen LogP contribution in [0.15, 0.2) is 0 Å². The Hall–Kier alpha value is -0.0400. The Balaban J connectivity index is 2.34. The van der Waals surface area contributed by atoms with Gasteiger partial charge in [-0.05, 0) is 38.0 Å². The van der Waals surface area contributed by atoms with Crippen LogP contribution in [0.5, 0.6) is 0 Å². The summed E-state index contributed by atoms with van der Waals surface area (Å²) in [6.07, 6.45) is 12.7. The van der Waals surface area contributed by atoms with Crippen LogP contribution in [-0.2, 0) is 0 Å². The predicted molar refractivity (Wildman–Crippen MR) is 81.9 cm³/mol. The molecule has 1 heteroatoms. The Labute approximate surface area is 115 Å². The molecule has 3 atom stereocenters. The first-order chi connectivity index (χ1) is 8.71. The normalized spacial score (nSPS) is 27.2. The van der Waals surface area contributed by atoms with Crippen LogP contribution in [0.2, 0.25) is 0 Å². The summed E-state index contributed by atoms with van der Waals surface area (Å²) in [6, 6.07) is 1.50. The highest BCUT2D eigenvalue weighted by atomic mass is 14.9. The molecule has 1 aliphatic carbocycles. The minimum Gasteiger partial charge on any atom is -0.311 e. The van der Waals surface area contributed by atoms with E-state index in [2.05, 4.69) is 33.0 Å². The van der Waals surface area contributed by atoms with Gasteiger partial charge in [0.1, 0.15) is 0 Å². The maximum atomic E-state index is 3.92. The van der Waals surface area contributed by atoms with Crippen LogP contribution in [0.4, 0.5) is 0 Å². The molecule has 1 saturated carbocycles. The van der Waals surface area contributed by atoms with E-state index in [0.29, 0.717) is 6.04 Å². The highest BCUT2D eigenvalue weighted by Gasteiger charge is 2.21. The summed E-state index contributed by atoms with van der Waals surface area (Å²) in [4.78, 5) is 0. The van der Waals surface area contributed by atoms with Crippen molar-refractivity contribution >= 4 is 0 Å². The van der Waals surface area contributed by atoms with Gasteiger partial charge in [-0.2, -0.15) is 0 Å². The smallest absolute Gasteiger partial charge is 0.00697 e. The Morgan fingerprint density at radius 2 is 1.72 bits per heavy atom. The highest BCUT2D eigenvalue weighted by molar-refractivity contribution is 4.79. The van der Waals surface area contributed by atoms with Crippen LogP contribution in [-0.4, -0.2) is 12.1 Å². The molecule has 1 rings (SSSR count). The van der Waals surface area contributed by atoms with Gasteiger partial charge in [0.2, 0.25) is 0 Å². The first-order valence-electron chi connectivity index (χ1n) is 8.47. The molecule has 0 bridgehead atoms. The zero-order valence-corrected chi connectivity index (χ0v) is 13.2. The lowest BCUT2D eigenvalue weighted by molar-refractivity contribution is 0.304. The average molecular weight is 253 g/mol. The first kappa shape index (κ1) is 16.0. The molecule has 0 saturated heterocycles. The van der Waals surface area contributed by atoms with Crippen molar-refractivity contribution in [1.82, 2.24) is 5.32 Å².